The molecule has 1 heterocycles. The van der Waals surface area contributed by atoms with Crippen molar-refractivity contribution in [1.29, 1.82) is 0 Å². The minimum atomic E-state index is -0.356. The quantitative estimate of drug-likeness (QED) is 0.532. The highest BCUT2D eigenvalue weighted by atomic mass is 16.4. The first-order chi connectivity index (χ1) is 11.7. The molecule has 0 aliphatic carbocycles. The Balaban J connectivity index is 1.78. The fraction of sp³-hybridized carbons (Fsp3) is 0.0476. The monoisotopic (exact) mass is 313 g/mol. The van der Waals surface area contributed by atoms with Crippen LogP contribution in [0.5, 0.6) is 0 Å². The van der Waals surface area contributed by atoms with Crippen LogP contribution in [0.2, 0.25) is 0 Å². The van der Waals surface area contributed by atoms with Crippen molar-refractivity contribution in [1.82, 2.24) is 4.98 Å². The van der Waals surface area contributed by atoms with Crippen molar-refractivity contribution in [2.45, 2.75) is 6.92 Å². The SMILES string of the molecule is Cc1ccc2nc(-c3ccc(-c4ccccc4)cc3)oc(=O)c2c1. The maximum Gasteiger partial charge on any atom is 0.347 e. The highest BCUT2D eigenvalue weighted by molar-refractivity contribution is 5.79. The smallest absolute Gasteiger partial charge is 0.347 e. The molecule has 116 valence electrons. The van der Waals surface area contributed by atoms with Gasteiger partial charge in [0.15, 0.2) is 0 Å². The Morgan fingerprint density at radius 2 is 1.46 bits per heavy atom. The van der Waals surface area contributed by atoms with E-state index in [1.54, 1.807) is 6.07 Å². The number of aryl methyl sites for hydroxylation is 1. The van der Waals surface area contributed by atoms with E-state index in [0.29, 0.717) is 16.8 Å². The Bertz CT molecular complexity index is 1060. The van der Waals surface area contributed by atoms with Crippen molar-refractivity contribution < 1.29 is 4.42 Å². The maximum atomic E-state index is 12.2. The molecule has 0 aliphatic rings. The zero-order chi connectivity index (χ0) is 16.5. The molecule has 0 spiro atoms. The summed E-state index contributed by atoms with van der Waals surface area (Å²) < 4.78 is 5.41. The molecular formula is C21H15NO2. The molecule has 3 heteroatoms. The molecule has 1 aromatic heterocycles. The number of fused-ring (bicyclic) bond motifs is 1. The van der Waals surface area contributed by atoms with Crippen LogP contribution in [-0.4, -0.2) is 4.98 Å². The summed E-state index contributed by atoms with van der Waals surface area (Å²) in [5, 5.41) is 0.514. The summed E-state index contributed by atoms with van der Waals surface area (Å²) in [5.41, 5.74) is 4.35. The van der Waals surface area contributed by atoms with Gasteiger partial charge in [-0.15, -0.1) is 0 Å². The first-order valence-corrected chi connectivity index (χ1v) is 7.78. The van der Waals surface area contributed by atoms with Gasteiger partial charge < -0.3 is 4.42 Å². The molecule has 0 unspecified atom stereocenters. The first-order valence-electron chi connectivity index (χ1n) is 7.78. The predicted molar refractivity (Wildman–Crippen MR) is 95.9 cm³/mol. The van der Waals surface area contributed by atoms with Crippen LogP contribution >= 0.6 is 0 Å². The van der Waals surface area contributed by atoms with Crippen LogP contribution < -0.4 is 5.63 Å². The Hall–Kier alpha value is -3.20. The van der Waals surface area contributed by atoms with E-state index >= 15 is 0 Å². The third-order valence-corrected chi connectivity index (χ3v) is 4.02. The van der Waals surface area contributed by atoms with Crippen LogP contribution in [0.25, 0.3) is 33.5 Å². The molecule has 3 aromatic carbocycles. The van der Waals surface area contributed by atoms with Gasteiger partial charge in [-0.1, -0.05) is 54.1 Å². The standard InChI is InChI=1S/C21H15NO2/c1-14-7-12-19-18(13-14)21(23)24-20(22-19)17-10-8-16(9-11-17)15-5-3-2-4-6-15/h2-13H,1H3. The highest BCUT2D eigenvalue weighted by Crippen LogP contribution is 2.24. The second kappa shape index (κ2) is 5.78. The molecule has 0 fully saturated rings. The van der Waals surface area contributed by atoms with Crippen molar-refractivity contribution in [3.8, 4) is 22.6 Å². The molecule has 0 atom stereocenters. The van der Waals surface area contributed by atoms with Crippen molar-refractivity contribution in [3.05, 3.63) is 88.8 Å². The van der Waals surface area contributed by atoms with Crippen molar-refractivity contribution in [3.63, 3.8) is 0 Å². The molecule has 0 saturated heterocycles. The summed E-state index contributed by atoms with van der Waals surface area (Å²) in [6.45, 7) is 1.94. The zero-order valence-electron chi connectivity index (χ0n) is 13.2. The largest absolute Gasteiger partial charge is 0.403 e. The van der Waals surface area contributed by atoms with E-state index in [1.165, 1.54) is 0 Å². The van der Waals surface area contributed by atoms with E-state index in [9.17, 15) is 4.79 Å². The normalized spacial score (nSPS) is 10.9. The molecule has 0 radical (unpaired) electrons. The van der Waals surface area contributed by atoms with Gasteiger partial charge in [-0.2, -0.15) is 0 Å². The second-order valence-corrected chi connectivity index (χ2v) is 5.77. The van der Waals surface area contributed by atoms with E-state index in [4.69, 9.17) is 4.42 Å². The molecule has 0 N–H and O–H groups in total. The van der Waals surface area contributed by atoms with Crippen molar-refractivity contribution >= 4 is 10.9 Å². The fourth-order valence-electron chi connectivity index (χ4n) is 2.75. The maximum absolute atomic E-state index is 12.2. The number of hydrogen-bond donors (Lipinski definition) is 0. The summed E-state index contributed by atoms with van der Waals surface area (Å²) >= 11 is 0. The fourth-order valence-corrected chi connectivity index (χ4v) is 2.75. The van der Waals surface area contributed by atoms with Crippen LogP contribution in [0, 0.1) is 6.92 Å². The van der Waals surface area contributed by atoms with Crippen LogP contribution in [-0.2, 0) is 0 Å². The Morgan fingerprint density at radius 3 is 2.21 bits per heavy atom. The van der Waals surface area contributed by atoms with Crippen LogP contribution in [0.1, 0.15) is 5.56 Å². The number of benzene rings is 3. The number of nitrogens with zero attached hydrogens (tertiary/aromatic N) is 1. The molecular weight excluding hydrogens is 298 g/mol. The third-order valence-electron chi connectivity index (χ3n) is 4.02. The summed E-state index contributed by atoms with van der Waals surface area (Å²) in [6, 6.07) is 23.6. The lowest BCUT2D eigenvalue weighted by atomic mass is 10.0. The van der Waals surface area contributed by atoms with Gasteiger partial charge in [0.25, 0.3) is 0 Å². The zero-order valence-corrected chi connectivity index (χ0v) is 13.2. The van der Waals surface area contributed by atoms with Gasteiger partial charge in [0.05, 0.1) is 10.9 Å². The van der Waals surface area contributed by atoms with Gasteiger partial charge in [0, 0.05) is 5.56 Å². The molecule has 0 bridgehead atoms. The van der Waals surface area contributed by atoms with E-state index in [1.807, 2.05) is 61.5 Å². The topological polar surface area (TPSA) is 43.1 Å². The number of rotatable bonds is 2. The average Bonchev–Trinajstić information content (AvgIpc) is 2.63. The highest BCUT2D eigenvalue weighted by Gasteiger charge is 2.09. The van der Waals surface area contributed by atoms with Crippen LogP contribution in [0.4, 0.5) is 0 Å². The van der Waals surface area contributed by atoms with Gasteiger partial charge in [-0.25, -0.2) is 9.78 Å². The second-order valence-electron chi connectivity index (χ2n) is 5.77. The first kappa shape index (κ1) is 14.4. The van der Waals surface area contributed by atoms with Gasteiger partial charge in [-0.05, 0) is 42.3 Å². The van der Waals surface area contributed by atoms with Gasteiger partial charge in [0.1, 0.15) is 0 Å². The minimum Gasteiger partial charge on any atom is -0.403 e. The van der Waals surface area contributed by atoms with Crippen molar-refractivity contribution in [2.24, 2.45) is 0 Å². The van der Waals surface area contributed by atoms with Crippen molar-refractivity contribution in [2.75, 3.05) is 0 Å². The molecule has 4 rings (SSSR count). The Kier molecular flexibility index (Phi) is 3.47. The minimum absolute atomic E-state index is 0.343. The van der Waals surface area contributed by atoms with E-state index in [2.05, 4.69) is 17.1 Å². The molecule has 3 nitrogen and oxygen atoms in total. The Labute approximate surface area is 139 Å². The lowest BCUT2D eigenvalue weighted by Gasteiger charge is -2.05. The summed E-state index contributed by atoms with van der Waals surface area (Å²) in [6.07, 6.45) is 0. The lowest BCUT2D eigenvalue weighted by molar-refractivity contribution is 0.518. The van der Waals surface area contributed by atoms with E-state index in [0.717, 1.165) is 22.3 Å². The number of aromatic nitrogens is 1. The third kappa shape index (κ3) is 2.61. The van der Waals surface area contributed by atoms with Crippen LogP contribution in [0.3, 0.4) is 0 Å². The average molecular weight is 313 g/mol. The predicted octanol–water partition coefficient (Wildman–Crippen LogP) is 4.83. The summed E-state index contributed by atoms with van der Waals surface area (Å²) in [7, 11) is 0. The molecule has 0 aliphatic heterocycles. The summed E-state index contributed by atoms with van der Waals surface area (Å²) in [5.74, 6) is 0.343. The molecule has 0 saturated carbocycles. The van der Waals surface area contributed by atoms with Gasteiger partial charge in [-0.3, -0.25) is 0 Å². The molecule has 24 heavy (non-hydrogen) atoms. The van der Waals surface area contributed by atoms with E-state index in [-0.39, 0.29) is 5.63 Å². The molecule has 0 amide bonds. The van der Waals surface area contributed by atoms with E-state index < -0.39 is 0 Å². The van der Waals surface area contributed by atoms with Gasteiger partial charge >= 0.3 is 5.63 Å². The summed E-state index contributed by atoms with van der Waals surface area (Å²) in [4.78, 5) is 16.7. The van der Waals surface area contributed by atoms with Crippen LogP contribution in [0.15, 0.2) is 82.0 Å². The molecule has 4 aromatic rings. The lowest BCUT2D eigenvalue weighted by Crippen LogP contribution is -2.03. The van der Waals surface area contributed by atoms with Gasteiger partial charge in [0.2, 0.25) is 5.89 Å². The number of hydrogen-bond acceptors (Lipinski definition) is 3. The Morgan fingerprint density at radius 1 is 0.792 bits per heavy atom.